The van der Waals surface area contributed by atoms with Crippen LogP contribution in [0.4, 0.5) is 5.82 Å². The Kier molecular flexibility index (Phi) is 3.56. The summed E-state index contributed by atoms with van der Waals surface area (Å²) in [6.07, 6.45) is 1.62. The molecule has 1 aliphatic heterocycles. The van der Waals surface area contributed by atoms with Crippen LogP contribution in [0.15, 0.2) is 41.0 Å². The van der Waals surface area contributed by atoms with Gasteiger partial charge in [-0.05, 0) is 40.2 Å². The summed E-state index contributed by atoms with van der Waals surface area (Å²) in [7, 11) is 0. The highest BCUT2D eigenvalue weighted by molar-refractivity contribution is 9.10. The lowest BCUT2D eigenvalue weighted by Gasteiger charge is -2.20. The van der Waals surface area contributed by atoms with Crippen LogP contribution in [0.25, 0.3) is 0 Å². The maximum atomic E-state index is 12.3. The Morgan fingerprint density at radius 2 is 2.05 bits per heavy atom. The molecule has 0 unspecified atom stereocenters. The molecule has 2 heterocycles. The maximum absolute atomic E-state index is 12.3. The summed E-state index contributed by atoms with van der Waals surface area (Å²) in [6, 6.07) is 8.76. The van der Waals surface area contributed by atoms with Gasteiger partial charge in [-0.15, -0.1) is 0 Å². The number of aromatic nitrogens is 1. The molecule has 1 amide bonds. The second kappa shape index (κ2) is 5.50. The zero-order chi connectivity index (χ0) is 13.9. The standard InChI is InChI=1S/C14H11BrN2O3/c15-9-4-5-12(16-8-9)17-14(18)10-2-1-3-11-13(10)20-7-6-19-11/h1-5,8H,6-7H2,(H,16,17,18). The lowest BCUT2D eigenvalue weighted by atomic mass is 10.1. The summed E-state index contributed by atoms with van der Waals surface area (Å²) < 4.78 is 11.8. The minimum Gasteiger partial charge on any atom is -0.486 e. The fourth-order valence-corrected chi connectivity index (χ4v) is 2.12. The molecule has 0 aliphatic carbocycles. The first-order chi connectivity index (χ1) is 9.74. The smallest absolute Gasteiger partial charge is 0.260 e. The Bertz CT molecular complexity index is 643. The second-order valence-corrected chi connectivity index (χ2v) is 5.06. The zero-order valence-corrected chi connectivity index (χ0v) is 12.0. The largest absolute Gasteiger partial charge is 0.486 e. The van der Waals surface area contributed by atoms with Gasteiger partial charge in [-0.2, -0.15) is 0 Å². The molecule has 0 spiro atoms. The molecule has 0 bridgehead atoms. The van der Waals surface area contributed by atoms with Crippen molar-refractivity contribution in [2.75, 3.05) is 18.5 Å². The SMILES string of the molecule is O=C(Nc1ccc(Br)cn1)c1cccc2c1OCCO2. The van der Waals surface area contributed by atoms with E-state index in [1.54, 1.807) is 30.5 Å². The minimum atomic E-state index is -0.276. The van der Waals surface area contributed by atoms with Crippen molar-refractivity contribution in [3.05, 3.63) is 46.6 Å². The predicted molar refractivity (Wildman–Crippen MR) is 77.3 cm³/mol. The van der Waals surface area contributed by atoms with E-state index in [4.69, 9.17) is 9.47 Å². The van der Waals surface area contributed by atoms with Gasteiger partial charge in [-0.25, -0.2) is 4.98 Å². The number of pyridine rings is 1. The van der Waals surface area contributed by atoms with Gasteiger partial charge in [0, 0.05) is 10.7 Å². The van der Waals surface area contributed by atoms with Crippen LogP contribution >= 0.6 is 15.9 Å². The Balaban J connectivity index is 1.85. The molecular weight excluding hydrogens is 324 g/mol. The number of nitrogens with zero attached hydrogens (tertiary/aromatic N) is 1. The van der Waals surface area contributed by atoms with E-state index in [0.717, 1.165) is 4.47 Å². The van der Waals surface area contributed by atoms with Crippen molar-refractivity contribution < 1.29 is 14.3 Å². The number of ether oxygens (including phenoxy) is 2. The first kappa shape index (κ1) is 12.9. The number of carbonyl (C=O) groups excluding carboxylic acids is 1. The van der Waals surface area contributed by atoms with Crippen LogP contribution in [0.3, 0.4) is 0 Å². The van der Waals surface area contributed by atoms with Crippen LogP contribution in [0.2, 0.25) is 0 Å². The van der Waals surface area contributed by atoms with Gasteiger partial charge in [-0.1, -0.05) is 6.07 Å². The number of fused-ring (bicyclic) bond motifs is 1. The number of anilines is 1. The van der Waals surface area contributed by atoms with Crippen molar-refractivity contribution in [2.24, 2.45) is 0 Å². The number of para-hydroxylation sites is 1. The highest BCUT2D eigenvalue weighted by Crippen LogP contribution is 2.33. The van der Waals surface area contributed by atoms with E-state index >= 15 is 0 Å². The Hall–Kier alpha value is -2.08. The Morgan fingerprint density at radius 1 is 1.20 bits per heavy atom. The summed E-state index contributed by atoms with van der Waals surface area (Å²) in [5.41, 5.74) is 0.437. The predicted octanol–water partition coefficient (Wildman–Crippen LogP) is 2.87. The number of carbonyl (C=O) groups is 1. The molecule has 1 aromatic heterocycles. The number of hydrogen-bond donors (Lipinski definition) is 1. The molecule has 1 aromatic carbocycles. The third-order valence-corrected chi connectivity index (χ3v) is 3.25. The molecule has 5 nitrogen and oxygen atoms in total. The average molecular weight is 335 g/mol. The quantitative estimate of drug-likeness (QED) is 0.917. The van der Waals surface area contributed by atoms with Gasteiger partial charge in [0.2, 0.25) is 0 Å². The normalized spacial score (nSPS) is 12.8. The van der Waals surface area contributed by atoms with Gasteiger partial charge < -0.3 is 14.8 Å². The van der Waals surface area contributed by atoms with Crippen LogP contribution in [-0.4, -0.2) is 24.1 Å². The van der Waals surface area contributed by atoms with Crippen molar-refractivity contribution in [2.45, 2.75) is 0 Å². The van der Waals surface area contributed by atoms with Crippen molar-refractivity contribution in [1.29, 1.82) is 0 Å². The summed E-state index contributed by atoms with van der Waals surface area (Å²) in [6.45, 7) is 0.931. The number of halogens is 1. The molecular formula is C14H11BrN2O3. The topological polar surface area (TPSA) is 60.5 Å². The van der Waals surface area contributed by atoms with E-state index < -0.39 is 0 Å². The van der Waals surface area contributed by atoms with Crippen molar-refractivity contribution in [3.8, 4) is 11.5 Å². The molecule has 0 saturated heterocycles. The first-order valence-electron chi connectivity index (χ1n) is 6.05. The van der Waals surface area contributed by atoms with Crippen LogP contribution in [-0.2, 0) is 0 Å². The van der Waals surface area contributed by atoms with Gasteiger partial charge in [0.05, 0.1) is 5.56 Å². The third kappa shape index (κ3) is 2.60. The number of benzene rings is 1. The molecule has 3 rings (SSSR count). The molecule has 0 saturated carbocycles. The van der Waals surface area contributed by atoms with E-state index in [9.17, 15) is 4.79 Å². The van der Waals surface area contributed by atoms with Crippen LogP contribution in [0.1, 0.15) is 10.4 Å². The van der Waals surface area contributed by atoms with Gasteiger partial charge in [0.1, 0.15) is 19.0 Å². The molecule has 0 atom stereocenters. The van der Waals surface area contributed by atoms with Gasteiger partial charge in [0.25, 0.3) is 5.91 Å². The lowest BCUT2D eigenvalue weighted by Crippen LogP contribution is -2.20. The van der Waals surface area contributed by atoms with Crippen molar-refractivity contribution >= 4 is 27.7 Å². The molecule has 20 heavy (non-hydrogen) atoms. The van der Waals surface area contributed by atoms with E-state index in [0.29, 0.717) is 36.1 Å². The van der Waals surface area contributed by atoms with Crippen molar-refractivity contribution in [3.63, 3.8) is 0 Å². The van der Waals surface area contributed by atoms with Gasteiger partial charge in [0.15, 0.2) is 11.5 Å². The maximum Gasteiger partial charge on any atom is 0.260 e. The first-order valence-corrected chi connectivity index (χ1v) is 6.85. The van der Waals surface area contributed by atoms with E-state index in [2.05, 4.69) is 26.2 Å². The average Bonchev–Trinajstić information content (AvgIpc) is 2.49. The zero-order valence-electron chi connectivity index (χ0n) is 10.4. The third-order valence-electron chi connectivity index (χ3n) is 2.78. The fourth-order valence-electron chi connectivity index (χ4n) is 1.89. The Morgan fingerprint density at radius 3 is 2.85 bits per heavy atom. The van der Waals surface area contributed by atoms with Crippen molar-refractivity contribution in [1.82, 2.24) is 4.98 Å². The van der Waals surface area contributed by atoms with E-state index in [-0.39, 0.29) is 5.91 Å². The molecule has 1 N–H and O–H groups in total. The monoisotopic (exact) mass is 334 g/mol. The molecule has 2 aromatic rings. The van der Waals surface area contributed by atoms with E-state index in [1.165, 1.54) is 0 Å². The van der Waals surface area contributed by atoms with Gasteiger partial charge >= 0.3 is 0 Å². The molecule has 0 fully saturated rings. The number of rotatable bonds is 2. The van der Waals surface area contributed by atoms with Crippen LogP contribution in [0.5, 0.6) is 11.5 Å². The second-order valence-electron chi connectivity index (χ2n) is 4.15. The number of nitrogens with one attached hydrogen (secondary N) is 1. The number of hydrogen-bond acceptors (Lipinski definition) is 4. The fraction of sp³-hybridized carbons (Fsp3) is 0.143. The van der Waals surface area contributed by atoms with Gasteiger partial charge in [-0.3, -0.25) is 4.79 Å². The molecule has 0 radical (unpaired) electrons. The molecule has 1 aliphatic rings. The molecule has 102 valence electrons. The number of amides is 1. The minimum absolute atomic E-state index is 0.276. The van der Waals surface area contributed by atoms with Crippen LogP contribution in [0, 0.1) is 0 Å². The molecule has 6 heteroatoms. The summed E-state index contributed by atoms with van der Waals surface area (Å²) >= 11 is 3.29. The summed E-state index contributed by atoms with van der Waals surface area (Å²) in [5.74, 6) is 1.27. The van der Waals surface area contributed by atoms with Crippen LogP contribution < -0.4 is 14.8 Å². The highest BCUT2D eigenvalue weighted by atomic mass is 79.9. The Labute approximate surface area is 124 Å². The highest BCUT2D eigenvalue weighted by Gasteiger charge is 2.20. The lowest BCUT2D eigenvalue weighted by molar-refractivity contribution is 0.101. The van der Waals surface area contributed by atoms with E-state index in [1.807, 2.05) is 6.07 Å². The summed E-state index contributed by atoms with van der Waals surface area (Å²) in [4.78, 5) is 16.4. The summed E-state index contributed by atoms with van der Waals surface area (Å²) in [5, 5.41) is 2.73.